The summed E-state index contributed by atoms with van der Waals surface area (Å²) in [6.45, 7) is 1.51. The first kappa shape index (κ1) is 23.4. The van der Waals surface area contributed by atoms with Crippen molar-refractivity contribution < 1.29 is 23.8 Å². The number of ether oxygens (including phenoxy) is 3. The molecule has 1 N–H and O–H groups in total. The van der Waals surface area contributed by atoms with Gasteiger partial charge in [0.25, 0.3) is 5.91 Å². The van der Waals surface area contributed by atoms with Gasteiger partial charge in [-0.1, -0.05) is 53.5 Å². The lowest BCUT2D eigenvalue weighted by atomic mass is 10.2. The summed E-state index contributed by atoms with van der Waals surface area (Å²) in [4.78, 5) is 24.9. The van der Waals surface area contributed by atoms with Crippen molar-refractivity contribution in [1.82, 2.24) is 9.78 Å². The summed E-state index contributed by atoms with van der Waals surface area (Å²) < 4.78 is 17.0. The van der Waals surface area contributed by atoms with Crippen LogP contribution >= 0.6 is 23.2 Å². The van der Waals surface area contributed by atoms with Gasteiger partial charge in [0.15, 0.2) is 6.61 Å². The Balaban J connectivity index is 1.66. The van der Waals surface area contributed by atoms with E-state index in [1.807, 2.05) is 30.3 Å². The molecule has 32 heavy (non-hydrogen) atoms. The van der Waals surface area contributed by atoms with Crippen molar-refractivity contribution in [1.29, 1.82) is 0 Å². The van der Waals surface area contributed by atoms with E-state index in [0.717, 1.165) is 5.56 Å². The van der Waals surface area contributed by atoms with Gasteiger partial charge in [0, 0.05) is 6.07 Å². The molecule has 3 aromatic rings. The number of esters is 1. The van der Waals surface area contributed by atoms with Crippen molar-refractivity contribution in [2.45, 2.75) is 13.5 Å². The maximum atomic E-state index is 12.6. The predicted molar refractivity (Wildman–Crippen MR) is 121 cm³/mol. The Hall–Kier alpha value is -3.23. The number of carbonyl (C=O) groups excluding carboxylic acids is 2. The van der Waals surface area contributed by atoms with Crippen LogP contribution in [0, 0.1) is 6.92 Å². The summed E-state index contributed by atoms with van der Waals surface area (Å²) >= 11 is 12.5. The Kier molecular flexibility index (Phi) is 7.61. The van der Waals surface area contributed by atoms with Crippen molar-refractivity contribution >= 4 is 40.8 Å². The molecule has 3 rings (SSSR count). The number of hydrogen-bond acceptors (Lipinski definition) is 6. The van der Waals surface area contributed by atoms with Gasteiger partial charge in [0.2, 0.25) is 0 Å². The molecule has 1 amide bonds. The van der Waals surface area contributed by atoms with Gasteiger partial charge >= 0.3 is 5.97 Å². The molecule has 0 fully saturated rings. The molecule has 8 nitrogen and oxygen atoms in total. The fourth-order valence-electron chi connectivity index (χ4n) is 2.99. The quantitative estimate of drug-likeness (QED) is 0.484. The van der Waals surface area contributed by atoms with Crippen LogP contribution in [0.5, 0.6) is 11.5 Å². The molecule has 0 unspecified atom stereocenters. The standard InChI is InChI=1S/C22H21Cl2N3O5/c1-13-20(21(24)27(26-13)11-14-7-5-4-6-8-14)22(29)32-12-19(28)25-16-9-15(23)17(30-2)10-18(16)31-3/h4-10H,11-12H2,1-3H3,(H,25,28). The van der Waals surface area contributed by atoms with Gasteiger partial charge in [0.05, 0.1) is 37.2 Å². The number of carbonyl (C=O) groups is 2. The van der Waals surface area contributed by atoms with Gasteiger partial charge in [-0.3, -0.25) is 4.79 Å². The molecule has 1 aromatic heterocycles. The zero-order valence-electron chi connectivity index (χ0n) is 17.6. The zero-order chi connectivity index (χ0) is 23.3. The van der Waals surface area contributed by atoms with Gasteiger partial charge < -0.3 is 19.5 Å². The lowest BCUT2D eigenvalue weighted by Crippen LogP contribution is -2.21. The maximum absolute atomic E-state index is 12.6. The molecule has 10 heteroatoms. The molecule has 0 aliphatic heterocycles. The largest absolute Gasteiger partial charge is 0.495 e. The second-order valence-electron chi connectivity index (χ2n) is 6.71. The Morgan fingerprint density at radius 1 is 1.06 bits per heavy atom. The van der Waals surface area contributed by atoms with Crippen molar-refractivity contribution in [3.8, 4) is 11.5 Å². The number of aromatic nitrogens is 2. The summed E-state index contributed by atoms with van der Waals surface area (Å²) in [7, 11) is 2.91. The third-order valence-corrected chi connectivity index (χ3v) is 5.21. The van der Waals surface area contributed by atoms with Crippen LogP contribution in [0.1, 0.15) is 21.6 Å². The molecule has 0 bridgehead atoms. The number of methoxy groups -OCH3 is 2. The average Bonchev–Trinajstić information content (AvgIpc) is 3.05. The van der Waals surface area contributed by atoms with Crippen LogP contribution in [0.3, 0.4) is 0 Å². The van der Waals surface area contributed by atoms with E-state index in [9.17, 15) is 9.59 Å². The smallest absolute Gasteiger partial charge is 0.343 e. The van der Waals surface area contributed by atoms with Crippen molar-refractivity contribution in [3.05, 3.63) is 69.5 Å². The maximum Gasteiger partial charge on any atom is 0.343 e. The highest BCUT2D eigenvalue weighted by atomic mass is 35.5. The molecule has 1 heterocycles. The van der Waals surface area contributed by atoms with E-state index in [1.165, 1.54) is 31.0 Å². The van der Waals surface area contributed by atoms with E-state index >= 15 is 0 Å². The molecule has 0 atom stereocenters. The number of aryl methyl sites for hydroxylation is 1. The van der Waals surface area contributed by atoms with Crippen molar-refractivity contribution in [2.24, 2.45) is 0 Å². The zero-order valence-corrected chi connectivity index (χ0v) is 19.2. The molecule has 2 aromatic carbocycles. The monoisotopic (exact) mass is 477 g/mol. The second-order valence-corrected chi connectivity index (χ2v) is 7.47. The number of halogens is 2. The number of nitrogens with zero attached hydrogens (tertiary/aromatic N) is 2. The summed E-state index contributed by atoms with van der Waals surface area (Å²) in [5.41, 5.74) is 1.80. The summed E-state index contributed by atoms with van der Waals surface area (Å²) in [5, 5.41) is 7.33. The molecule has 0 saturated carbocycles. The van der Waals surface area contributed by atoms with Crippen LogP contribution in [0.2, 0.25) is 10.2 Å². The van der Waals surface area contributed by atoms with Crippen LogP contribution < -0.4 is 14.8 Å². The lowest BCUT2D eigenvalue weighted by molar-refractivity contribution is -0.119. The first-order valence-corrected chi connectivity index (χ1v) is 10.2. The van der Waals surface area contributed by atoms with Gasteiger partial charge in [-0.2, -0.15) is 5.10 Å². The normalized spacial score (nSPS) is 10.5. The highest BCUT2D eigenvalue weighted by Gasteiger charge is 2.23. The minimum atomic E-state index is -0.748. The van der Waals surface area contributed by atoms with Gasteiger partial charge in [-0.25, -0.2) is 9.48 Å². The second kappa shape index (κ2) is 10.4. The first-order valence-electron chi connectivity index (χ1n) is 9.49. The van der Waals surface area contributed by atoms with Crippen molar-refractivity contribution in [3.63, 3.8) is 0 Å². The highest BCUT2D eigenvalue weighted by molar-refractivity contribution is 6.33. The Labute approximate surface area is 195 Å². The third kappa shape index (κ3) is 5.33. The van der Waals surface area contributed by atoms with Gasteiger partial charge in [-0.15, -0.1) is 0 Å². The Morgan fingerprint density at radius 3 is 2.41 bits per heavy atom. The topological polar surface area (TPSA) is 91.7 Å². The average molecular weight is 478 g/mol. The number of rotatable bonds is 8. The number of hydrogen-bond donors (Lipinski definition) is 1. The summed E-state index contributed by atoms with van der Waals surface area (Å²) in [6, 6.07) is 12.6. The van der Waals surface area contributed by atoms with E-state index in [2.05, 4.69) is 10.4 Å². The van der Waals surface area contributed by atoms with Crippen LogP contribution in [0.15, 0.2) is 42.5 Å². The first-order chi connectivity index (χ1) is 15.3. The molecule has 0 spiro atoms. The Morgan fingerprint density at radius 2 is 1.75 bits per heavy atom. The number of nitrogens with one attached hydrogen (secondary N) is 1. The van der Waals surface area contributed by atoms with E-state index in [0.29, 0.717) is 29.4 Å². The Bertz CT molecular complexity index is 1130. The van der Waals surface area contributed by atoms with Crippen LogP contribution in [0.25, 0.3) is 0 Å². The van der Waals surface area contributed by atoms with Crippen LogP contribution in [0.4, 0.5) is 5.69 Å². The minimum absolute atomic E-state index is 0.112. The summed E-state index contributed by atoms with van der Waals surface area (Å²) in [6.07, 6.45) is 0. The molecule has 168 valence electrons. The van der Waals surface area contributed by atoms with E-state index in [4.69, 9.17) is 37.4 Å². The fourth-order valence-corrected chi connectivity index (χ4v) is 3.55. The van der Waals surface area contributed by atoms with Gasteiger partial charge in [-0.05, 0) is 18.6 Å². The number of benzene rings is 2. The lowest BCUT2D eigenvalue weighted by Gasteiger charge is -2.13. The third-order valence-electron chi connectivity index (χ3n) is 4.53. The van der Waals surface area contributed by atoms with Crippen molar-refractivity contribution in [2.75, 3.05) is 26.1 Å². The molecular formula is C22H21Cl2N3O5. The van der Waals surface area contributed by atoms with E-state index in [1.54, 1.807) is 6.92 Å². The molecule has 0 aliphatic carbocycles. The SMILES string of the molecule is COc1cc(OC)c(NC(=O)COC(=O)c2c(C)nn(Cc3ccccc3)c2Cl)cc1Cl. The number of amides is 1. The highest BCUT2D eigenvalue weighted by Crippen LogP contribution is 2.35. The molecular weight excluding hydrogens is 457 g/mol. The molecule has 0 radical (unpaired) electrons. The number of anilines is 1. The van der Waals surface area contributed by atoms with Crippen LogP contribution in [-0.4, -0.2) is 42.5 Å². The van der Waals surface area contributed by atoms with Crippen LogP contribution in [-0.2, 0) is 16.1 Å². The van der Waals surface area contributed by atoms with Gasteiger partial charge in [0.1, 0.15) is 22.2 Å². The summed E-state index contributed by atoms with van der Waals surface area (Å²) in [5.74, 6) is -0.595. The fraction of sp³-hybridized carbons (Fsp3) is 0.227. The molecule has 0 saturated heterocycles. The predicted octanol–water partition coefficient (Wildman–Crippen LogP) is 4.36. The van der Waals surface area contributed by atoms with E-state index < -0.39 is 18.5 Å². The minimum Gasteiger partial charge on any atom is -0.495 e. The molecule has 0 aliphatic rings. The van der Waals surface area contributed by atoms with E-state index in [-0.39, 0.29) is 15.7 Å².